The second kappa shape index (κ2) is 4.98. The van der Waals surface area contributed by atoms with Gasteiger partial charge in [0.25, 0.3) is 0 Å². The molecule has 0 spiro atoms. The molecule has 0 saturated carbocycles. The lowest BCUT2D eigenvalue weighted by molar-refractivity contribution is -0.156. The molecule has 0 radical (unpaired) electrons. The third kappa shape index (κ3) is 2.47. The number of carbonyl (C=O) groups excluding carboxylic acids is 1. The van der Waals surface area contributed by atoms with Gasteiger partial charge in [-0.25, -0.2) is 4.79 Å². The number of hydrogen-bond acceptors (Lipinski definition) is 2. The van der Waals surface area contributed by atoms with Crippen molar-refractivity contribution in [3.63, 3.8) is 0 Å². The standard InChI is InChI=1S/C10H19NO3/c1-5-6-10(4,9(13)14)11(7-12)8(2)3/h7-8H,5-6H2,1-4H3,(H,13,14). The number of carboxylic acids is 1. The van der Waals surface area contributed by atoms with Gasteiger partial charge >= 0.3 is 5.97 Å². The molecule has 4 heteroatoms. The summed E-state index contributed by atoms with van der Waals surface area (Å²) in [4.78, 5) is 23.3. The molecule has 0 aromatic rings. The largest absolute Gasteiger partial charge is 0.480 e. The minimum atomic E-state index is -1.08. The van der Waals surface area contributed by atoms with Crippen LogP contribution in [0.5, 0.6) is 0 Å². The summed E-state index contributed by atoms with van der Waals surface area (Å²) in [6.07, 6.45) is 1.83. The van der Waals surface area contributed by atoms with Gasteiger partial charge in [-0.1, -0.05) is 13.3 Å². The molecule has 0 aliphatic rings. The fourth-order valence-corrected chi connectivity index (χ4v) is 1.64. The Hall–Kier alpha value is -1.06. The first-order valence-electron chi connectivity index (χ1n) is 4.87. The molecular formula is C10H19NO3. The van der Waals surface area contributed by atoms with E-state index in [4.69, 9.17) is 5.11 Å². The molecule has 0 aliphatic carbocycles. The predicted molar refractivity (Wildman–Crippen MR) is 54.0 cm³/mol. The van der Waals surface area contributed by atoms with Crippen LogP contribution in [0.3, 0.4) is 0 Å². The molecule has 82 valence electrons. The minimum Gasteiger partial charge on any atom is -0.480 e. The van der Waals surface area contributed by atoms with E-state index in [0.717, 1.165) is 6.42 Å². The lowest BCUT2D eigenvalue weighted by Crippen LogP contribution is -2.54. The molecule has 1 unspecified atom stereocenters. The van der Waals surface area contributed by atoms with Crippen LogP contribution in [-0.4, -0.2) is 34.0 Å². The van der Waals surface area contributed by atoms with Crippen molar-refractivity contribution in [2.45, 2.75) is 52.1 Å². The van der Waals surface area contributed by atoms with E-state index in [-0.39, 0.29) is 6.04 Å². The molecule has 0 bridgehead atoms. The monoisotopic (exact) mass is 201 g/mol. The third-order valence-electron chi connectivity index (χ3n) is 2.44. The Morgan fingerprint density at radius 2 is 2.07 bits per heavy atom. The van der Waals surface area contributed by atoms with Crippen molar-refractivity contribution in [1.29, 1.82) is 0 Å². The van der Waals surface area contributed by atoms with Crippen LogP contribution in [0.2, 0.25) is 0 Å². The fraction of sp³-hybridized carbons (Fsp3) is 0.800. The van der Waals surface area contributed by atoms with Gasteiger partial charge in [0, 0.05) is 6.04 Å². The number of rotatable bonds is 6. The van der Waals surface area contributed by atoms with E-state index in [1.165, 1.54) is 4.90 Å². The highest BCUT2D eigenvalue weighted by Crippen LogP contribution is 2.22. The zero-order chi connectivity index (χ0) is 11.4. The van der Waals surface area contributed by atoms with E-state index in [1.54, 1.807) is 6.92 Å². The zero-order valence-corrected chi connectivity index (χ0v) is 9.28. The SMILES string of the molecule is CCCC(C)(C(=O)O)N(C=O)C(C)C. The van der Waals surface area contributed by atoms with E-state index in [9.17, 15) is 9.59 Å². The van der Waals surface area contributed by atoms with Gasteiger partial charge in [-0.05, 0) is 27.2 Å². The number of hydrogen-bond donors (Lipinski definition) is 1. The molecule has 0 aromatic heterocycles. The van der Waals surface area contributed by atoms with Gasteiger partial charge in [0.2, 0.25) is 6.41 Å². The van der Waals surface area contributed by atoms with Crippen LogP contribution < -0.4 is 0 Å². The van der Waals surface area contributed by atoms with E-state index in [2.05, 4.69) is 0 Å². The zero-order valence-electron chi connectivity index (χ0n) is 9.28. The van der Waals surface area contributed by atoms with Crippen LogP contribution in [0, 0.1) is 0 Å². The van der Waals surface area contributed by atoms with Gasteiger partial charge in [-0.2, -0.15) is 0 Å². The van der Waals surface area contributed by atoms with Crippen molar-refractivity contribution in [1.82, 2.24) is 4.90 Å². The van der Waals surface area contributed by atoms with E-state index >= 15 is 0 Å². The molecule has 0 aromatic carbocycles. The molecule has 1 amide bonds. The maximum Gasteiger partial charge on any atom is 0.329 e. The summed E-state index contributed by atoms with van der Waals surface area (Å²) in [5, 5.41) is 9.11. The Kier molecular flexibility index (Phi) is 4.60. The summed E-state index contributed by atoms with van der Waals surface area (Å²) in [6, 6.07) is -0.0971. The average Bonchev–Trinajstić information content (AvgIpc) is 2.04. The van der Waals surface area contributed by atoms with Gasteiger partial charge in [0.1, 0.15) is 5.54 Å². The highest BCUT2D eigenvalue weighted by molar-refractivity contribution is 5.81. The predicted octanol–water partition coefficient (Wildman–Crippen LogP) is 1.50. The Labute approximate surface area is 84.9 Å². The van der Waals surface area contributed by atoms with Crippen LogP contribution in [0.4, 0.5) is 0 Å². The quantitative estimate of drug-likeness (QED) is 0.662. The first-order chi connectivity index (χ1) is 6.40. The van der Waals surface area contributed by atoms with Gasteiger partial charge < -0.3 is 10.0 Å². The van der Waals surface area contributed by atoms with Gasteiger partial charge in [0.15, 0.2) is 0 Å². The van der Waals surface area contributed by atoms with Crippen LogP contribution in [0.1, 0.15) is 40.5 Å². The summed E-state index contributed by atoms with van der Waals surface area (Å²) < 4.78 is 0. The molecule has 0 fully saturated rings. The Morgan fingerprint density at radius 3 is 2.29 bits per heavy atom. The smallest absolute Gasteiger partial charge is 0.329 e. The van der Waals surface area contributed by atoms with Crippen molar-refractivity contribution in [2.24, 2.45) is 0 Å². The second-order valence-electron chi connectivity index (χ2n) is 3.94. The molecule has 1 N–H and O–H groups in total. The topological polar surface area (TPSA) is 57.6 Å². The number of aliphatic carboxylic acids is 1. The number of nitrogens with zero attached hydrogens (tertiary/aromatic N) is 1. The summed E-state index contributed by atoms with van der Waals surface area (Å²) >= 11 is 0. The molecule has 1 atom stereocenters. The van der Waals surface area contributed by atoms with Crippen molar-refractivity contribution in [3.05, 3.63) is 0 Å². The maximum atomic E-state index is 11.1. The number of amides is 1. The van der Waals surface area contributed by atoms with Crippen LogP contribution in [0.25, 0.3) is 0 Å². The minimum absolute atomic E-state index is 0.0971. The van der Waals surface area contributed by atoms with Crippen molar-refractivity contribution < 1.29 is 14.7 Å². The number of carbonyl (C=O) groups is 2. The molecular weight excluding hydrogens is 182 g/mol. The normalized spacial score (nSPS) is 14.9. The first-order valence-corrected chi connectivity index (χ1v) is 4.87. The molecule has 4 nitrogen and oxygen atoms in total. The maximum absolute atomic E-state index is 11.1. The summed E-state index contributed by atoms with van der Waals surface area (Å²) in [5.74, 6) is -0.944. The van der Waals surface area contributed by atoms with E-state index < -0.39 is 11.5 Å². The van der Waals surface area contributed by atoms with Gasteiger partial charge in [-0.15, -0.1) is 0 Å². The Morgan fingerprint density at radius 1 is 1.57 bits per heavy atom. The summed E-state index contributed by atoms with van der Waals surface area (Å²) in [6.45, 7) is 7.12. The third-order valence-corrected chi connectivity index (χ3v) is 2.44. The van der Waals surface area contributed by atoms with Gasteiger partial charge in [-0.3, -0.25) is 4.79 Å². The summed E-state index contributed by atoms with van der Waals surface area (Å²) in [5.41, 5.74) is -1.08. The second-order valence-corrected chi connectivity index (χ2v) is 3.94. The van der Waals surface area contributed by atoms with Crippen molar-refractivity contribution in [2.75, 3.05) is 0 Å². The van der Waals surface area contributed by atoms with E-state index in [0.29, 0.717) is 12.8 Å². The molecule has 14 heavy (non-hydrogen) atoms. The van der Waals surface area contributed by atoms with Crippen LogP contribution in [-0.2, 0) is 9.59 Å². The summed E-state index contributed by atoms with van der Waals surface area (Å²) in [7, 11) is 0. The van der Waals surface area contributed by atoms with E-state index in [1.807, 2.05) is 20.8 Å². The fourth-order valence-electron chi connectivity index (χ4n) is 1.64. The molecule has 0 aliphatic heterocycles. The van der Waals surface area contributed by atoms with Crippen LogP contribution >= 0.6 is 0 Å². The van der Waals surface area contributed by atoms with Crippen molar-refractivity contribution in [3.8, 4) is 0 Å². The van der Waals surface area contributed by atoms with Crippen molar-refractivity contribution >= 4 is 12.4 Å². The molecule has 0 rings (SSSR count). The highest BCUT2D eigenvalue weighted by Gasteiger charge is 2.39. The Bertz CT molecular complexity index is 215. The Balaban J connectivity index is 4.95. The van der Waals surface area contributed by atoms with Gasteiger partial charge in [0.05, 0.1) is 0 Å². The lowest BCUT2D eigenvalue weighted by atomic mass is 9.93. The first kappa shape index (κ1) is 12.9. The average molecular weight is 201 g/mol. The molecule has 0 heterocycles. The highest BCUT2D eigenvalue weighted by atomic mass is 16.4. The number of carboxylic acid groups (broad SMARTS) is 1. The van der Waals surface area contributed by atoms with Crippen LogP contribution in [0.15, 0.2) is 0 Å². The lowest BCUT2D eigenvalue weighted by Gasteiger charge is -2.37. The molecule has 0 saturated heterocycles.